The number of aromatic nitrogens is 2. The summed E-state index contributed by atoms with van der Waals surface area (Å²) in [6, 6.07) is 19.2. The summed E-state index contributed by atoms with van der Waals surface area (Å²) in [6.45, 7) is 0.347. The third-order valence-electron chi connectivity index (χ3n) is 5.58. The SMILES string of the molecule is C.Cn1c(=O)n(Cc2ccccc2)c(=O)c2cc(C(=O)OCc3ccc4c(c3)OCO4)ccc21. The van der Waals surface area contributed by atoms with Gasteiger partial charge in [-0.2, -0.15) is 0 Å². The molecule has 0 bridgehead atoms. The Hall–Kier alpha value is -4.33. The van der Waals surface area contributed by atoms with Crippen LogP contribution >= 0.6 is 0 Å². The summed E-state index contributed by atoms with van der Waals surface area (Å²) < 4.78 is 18.6. The number of carbonyl (C=O) groups is 1. The molecule has 1 aliphatic heterocycles. The Morgan fingerprint density at radius 2 is 1.71 bits per heavy atom. The smallest absolute Gasteiger partial charge is 0.338 e. The normalized spacial score (nSPS) is 11.8. The molecule has 8 nitrogen and oxygen atoms in total. The van der Waals surface area contributed by atoms with Crippen molar-refractivity contribution >= 4 is 16.9 Å². The van der Waals surface area contributed by atoms with Crippen LogP contribution in [0.2, 0.25) is 0 Å². The first-order chi connectivity index (χ1) is 16.0. The molecular formula is C26H24N2O6. The van der Waals surface area contributed by atoms with Crippen LogP contribution in [0.25, 0.3) is 10.9 Å². The highest BCUT2D eigenvalue weighted by Gasteiger charge is 2.17. The molecule has 5 rings (SSSR count). The molecule has 0 aliphatic carbocycles. The molecule has 3 aromatic carbocycles. The molecule has 8 heteroatoms. The van der Waals surface area contributed by atoms with Crippen LogP contribution in [0.4, 0.5) is 0 Å². The molecule has 0 spiro atoms. The number of fused-ring (bicyclic) bond motifs is 2. The van der Waals surface area contributed by atoms with E-state index in [1.54, 1.807) is 37.4 Å². The second kappa shape index (κ2) is 9.27. The highest BCUT2D eigenvalue weighted by Crippen LogP contribution is 2.32. The number of benzene rings is 3. The maximum atomic E-state index is 13.1. The molecule has 0 N–H and O–H groups in total. The number of hydrogen-bond donors (Lipinski definition) is 0. The van der Waals surface area contributed by atoms with Crippen LogP contribution in [0.3, 0.4) is 0 Å². The summed E-state index contributed by atoms with van der Waals surface area (Å²) in [5, 5.41) is 0.269. The number of hydrogen-bond acceptors (Lipinski definition) is 6. The number of rotatable bonds is 5. The Kier molecular flexibility index (Phi) is 6.23. The maximum Gasteiger partial charge on any atom is 0.338 e. The van der Waals surface area contributed by atoms with E-state index in [0.29, 0.717) is 17.0 Å². The van der Waals surface area contributed by atoms with Gasteiger partial charge in [0.2, 0.25) is 6.79 Å². The van der Waals surface area contributed by atoms with Gasteiger partial charge >= 0.3 is 11.7 Å². The molecule has 0 saturated carbocycles. The molecule has 4 aromatic rings. The molecule has 0 amide bonds. The van der Waals surface area contributed by atoms with Gasteiger partial charge in [-0.15, -0.1) is 0 Å². The summed E-state index contributed by atoms with van der Waals surface area (Å²) in [6.07, 6.45) is 0. The first-order valence-electron chi connectivity index (χ1n) is 10.3. The second-order valence-corrected chi connectivity index (χ2v) is 7.71. The van der Waals surface area contributed by atoms with E-state index in [4.69, 9.17) is 14.2 Å². The van der Waals surface area contributed by atoms with Gasteiger partial charge in [0.05, 0.1) is 23.0 Å². The van der Waals surface area contributed by atoms with E-state index in [0.717, 1.165) is 11.1 Å². The molecule has 0 unspecified atom stereocenters. The van der Waals surface area contributed by atoms with Crippen LogP contribution in [0.1, 0.15) is 28.9 Å². The fourth-order valence-corrected chi connectivity index (χ4v) is 3.81. The number of nitrogens with zero attached hydrogens (tertiary/aromatic N) is 2. The van der Waals surface area contributed by atoms with E-state index in [2.05, 4.69) is 0 Å². The zero-order valence-electron chi connectivity index (χ0n) is 17.8. The van der Waals surface area contributed by atoms with Crippen molar-refractivity contribution in [3.63, 3.8) is 0 Å². The van der Waals surface area contributed by atoms with Crippen LogP contribution in [0.5, 0.6) is 11.5 Å². The van der Waals surface area contributed by atoms with Gasteiger partial charge < -0.3 is 14.2 Å². The third kappa shape index (κ3) is 4.17. The van der Waals surface area contributed by atoms with Crippen molar-refractivity contribution in [2.75, 3.05) is 6.79 Å². The zero-order valence-corrected chi connectivity index (χ0v) is 17.8. The van der Waals surface area contributed by atoms with Crippen LogP contribution in [-0.4, -0.2) is 21.9 Å². The van der Waals surface area contributed by atoms with Gasteiger partial charge in [-0.1, -0.05) is 43.8 Å². The number of carbonyl (C=O) groups excluding carboxylic acids is 1. The van der Waals surface area contributed by atoms with E-state index < -0.39 is 17.2 Å². The molecule has 1 aliphatic rings. The van der Waals surface area contributed by atoms with Gasteiger partial charge in [-0.3, -0.25) is 13.9 Å². The van der Waals surface area contributed by atoms with Crippen molar-refractivity contribution in [3.05, 3.63) is 104 Å². The molecule has 0 radical (unpaired) electrons. The summed E-state index contributed by atoms with van der Waals surface area (Å²) >= 11 is 0. The van der Waals surface area contributed by atoms with Crippen molar-refractivity contribution < 1.29 is 19.0 Å². The van der Waals surface area contributed by atoms with Crippen molar-refractivity contribution in [2.45, 2.75) is 20.6 Å². The van der Waals surface area contributed by atoms with Crippen LogP contribution in [0.15, 0.2) is 76.3 Å². The van der Waals surface area contributed by atoms with Crippen molar-refractivity contribution in [1.29, 1.82) is 0 Å². The van der Waals surface area contributed by atoms with Crippen LogP contribution in [0, 0.1) is 0 Å². The quantitative estimate of drug-likeness (QED) is 0.424. The average molecular weight is 460 g/mol. The lowest BCUT2D eigenvalue weighted by atomic mass is 10.1. The minimum atomic E-state index is -0.572. The standard InChI is InChI=1S/C25H20N2O6.CH4/c1-26-20-9-8-18(24(29)31-14-17-7-10-21-22(11-17)33-15-32-21)12-19(20)23(28)27(25(26)30)13-16-5-3-2-4-6-16;/h2-12H,13-15H2,1H3;1H4. The van der Waals surface area contributed by atoms with Gasteiger partial charge in [0.1, 0.15) is 6.61 Å². The van der Waals surface area contributed by atoms with Crippen molar-refractivity contribution in [2.24, 2.45) is 7.05 Å². The predicted molar refractivity (Wildman–Crippen MR) is 127 cm³/mol. The minimum Gasteiger partial charge on any atom is -0.457 e. The maximum absolute atomic E-state index is 13.1. The lowest BCUT2D eigenvalue weighted by Crippen LogP contribution is -2.39. The van der Waals surface area contributed by atoms with E-state index >= 15 is 0 Å². The van der Waals surface area contributed by atoms with Gasteiger partial charge in [-0.25, -0.2) is 9.59 Å². The fraction of sp³-hybridized carbons (Fsp3) is 0.192. The molecule has 0 saturated heterocycles. The topological polar surface area (TPSA) is 88.8 Å². The minimum absolute atomic E-state index is 0. The number of ether oxygens (including phenoxy) is 3. The fourth-order valence-electron chi connectivity index (χ4n) is 3.81. The largest absolute Gasteiger partial charge is 0.457 e. The van der Waals surface area contributed by atoms with Gasteiger partial charge in [0.25, 0.3) is 5.56 Å². The first-order valence-corrected chi connectivity index (χ1v) is 10.3. The average Bonchev–Trinajstić information content (AvgIpc) is 3.32. The summed E-state index contributed by atoms with van der Waals surface area (Å²) in [5.74, 6) is 0.684. The lowest BCUT2D eigenvalue weighted by Gasteiger charge is -2.12. The number of aryl methyl sites for hydroxylation is 1. The Bertz CT molecular complexity index is 1490. The Labute approximate surface area is 195 Å². The lowest BCUT2D eigenvalue weighted by molar-refractivity contribution is 0.0472. The van der Waals surface area contributed by atoms with E-state index in [9.17, 15) is 14.4 Å². The summed E-state index contributed by atoms with van der Waals surface area (Å²) in [4.78, 5) is 38.6. The third-order valence-corrected chi connectivity index (χ3v) is 5.58. The molecule has 34 heavy (non-hydrogen) atoms. The molecule has 174 valence electrons. The Morgan fingerprint density at radius 3 is 2.50 bits per heavy atom. The van der Waals surface area contributed by atoms with Gasteiger partial charge in [0, 0.05) is 7.05 Å². The van der Waals surface area contributed by atoms with Crippen LogP contribution < -0.4 is 20.7 Å². The van der Waals surface area contributed by atoms with Gasteiger partial charge in [0.15, 0.2) is 11.5 Å². The zero-order chi connectivity index (χ0) is 22.9. The predicted octanol–water partition coefficient (Wildman–Crippen LogP) is 3.47. The van der Waals surface area contributed by atoms with Crippen molar-refractivity contribution in [3.8, 4) is 11.5 Å². The number of esters is 1. The Morgan fingerprint density at radius 1 is 0.941 bits per heavy atom. The monoisotopic (exact) mass is 460 g/mol. The van der Waals surface area contributed by atoms with Crippen molar-refractivity contribution in [1.82, 2.24) is 9.13 Å². The van der Waals surface area contributed by atoms with E-state index in [-0.39, 0.29) is 38.3 Å². The molecule has 0 atom stereocenters. The Balaban J connectivity index is 0.00000274. The molecular weight excluding hydrogens is 436 g/mol. The van der Waals surface area contributed by atoms with Gasteiger partial charge in [-0.05, 0) is 41.5 Å². The summed E-state index contributed by atoms with van der Waals surface area (Å²) in [5.41, 5.74) is 1.38. The molecule has 2 heterocycles. The van der Waals surface area contributed by atoms with Crippen LogP contribution in [-0.2, 0) is 24.9 Å². The molecule has 0 fully saturated rings. The second-order valence-electron chi connectivity index (χ2n) is 7.71. The van der Waals surface area contributed by atoms with E-state index in [1.165, 1.54) is 15.2 Å². The van der Waals surface area contributed by atoms with E-state index in [1.807, 2.05) is 30.3 Å². The molecule has 1 aromatic heterocycles. The summed E-state index contributed by atoms with van der Waals surface area (Å²) in [7, 11) is 1.60. The first kappa shape index (κ1) is 22.8. The highest BCUT2D eigenvalue weighted by atomic mass is 16.7. The highest BCUT2D eigenvalue weighted by molar-refractivity contribution is 5.94.